The number of Topliss-reactive ketones (excluding diaryl/α,β-unsaturated/α-hetero) is 2. The van der Waals surface area contributed by atoms with E-state index in [1.54, 1.807) is 0 Å². The summed E-state index contributed by atoms with van der Waals surface area (Å²) in [6, 6.07) is 9.40. The summed E-state index contributed by atoms with van der Waals surface area (Å²) in [6.07, 6.45) is 2.08. The van der Waals surface area contributed by atoms with Crippen molar-refractivity contribution in [2.45, 2.75) is 25.7 Å². The predicted molar refractivity (Wildman–Crippen MR) is 66.9 cm³/mol. The SMILES string of the molecule is O=C1CCCC(Cl)=C1C(=O)Cc1ccccc1. The van der Waals surface area contributed by atoms with Gasteiger partial charge < -0.3 is 0 Å². The minimum Gasteiger partial charge on any atom is -0.294 e. The third-order valence-corrected chi connectivity index (χ3v) is 3.21. The maximum Gasteiger partial charge on any atom is 0.171 e. The fourth-order valence-electron chi connectivity index (χ4n) is 1.98. The standard InChI is InChI=1S/C14H13ClO2/c15-11-7-4-8-12(16)14(11)13(17)9-10-5-2-1-3-6-10/h1-3,5-6H,4,7-9H2. The molecule has 0 fully saturated rings. The van der Waals surface area contributed by atoms with E-state index in [-0.39, 0.29) is 23.6 Å². The molecule has 0 radical (unpaired) electrons. The van der Waals surface area contributed by atoms with Crippen molar-refractivity contribution in [2.24, 2.45) is 0 Å². The molecular formula is C14H13ClO2. The molecule has 0 spiro atoms. The van der Waals surface area contributed by atoms with Crippen LogP contribution in [-0.2, 0) is 16.0 Å². The number of allylic oxidation sites excluding steroid dienone is 2. The molecule has 0 aliphatic heterocycles. The monoisotopic (exact) mass is 248 g/mol. The van der Waals surface area contributed by atoms with Crippen LogP contribution in [0.15, 0.2) is 40.9 Å². The topological polar surface area (TPSA) is 34.1 Å². The van der Waals surface area contributed by atoms with Crippen molar-refractivity contribution in [3.05, 3.63) is 46.5 Å². The van der Waals surface area contributed by atoms with Crippen molar-refractivity contribution in [1.29, 1.82) is 0 Å². The first-order valence-electron chi connectivity index (χ1n) is 5.67. The number of halogens is 1. The first-order chi connectivity index (χ1) is 8.18. The lowest BCUT2D eigenvalue weighted by Gasteiger charge is -2.13. The van der Waals surface area contributed by atoms with Gasteiger partial charge in [-0.05, 0) is 18.4 Å². The molecule has 3 heteroatoms. The molecule has 0 bridgehead atoms. The molecule has 1 aromatic carbocycles. The second kappa shape index (κ2) is 5.28. The molecule has 0 atom stereocenters. The molecule has 1 aromatic rings. The van der Waals surface area contributed by atoms with Crippen LogP contribution in [0, 0.1) is 0 Å². The van der Waals surface area contributed by atoms with Crippen molar-refractivity contribution in [2.75, 3.05) is 0 Å². The Morgan fingerprint density at radius 2 is 1.88 bits per heavy atom. The summed E-state index contributed by atoms with van der Waals surface area (Å²) < 4.78 is 0. The largest absolute Gasteiger partial charge is 0.294 e. The lowest BCUT2D eigenvalue weighted by Crippen LogP contribution is -2.19. The average molecular weight is 249 g/mol. The van der Waals surface area contributed by atoms with Gasteiger partial charge in [-0.2, -0.15) is 0 Å². The van der Waals surface area contributed by atoms with Crippen molar-refractivity contribution < 1.29 is 9.59 Å². The molecule has 2 rings (SSSR count). The first kappa shape index (κ1) is 12.1. The Labute approximate surface area is 105 Å². The summed E-state index contributed by atoms with van der Waals surface area (Å²) in [5, 5.41) is 0.433. The number of benzene rings is 1. The zero-order valence-electron chi connectivity index (χ0n) is 9.41. The van der Waals surface area contributed by atoms with Crippen molar-refractivity contribution >= 4 is 23.2 Å². The zero-order valence-corrected chi connectivity index (χ0v) is 10.2. The lowest BCUT2D eigenvalue weighted by atomic mass is 9.92. The normalized spacial score (nSPS) is 16.2. The van der Waals surface area contributed by atoms with Gasteiger partial charge in [0.25, 0.3) is 0 Å². The molecule has 17 heavy (non-hydrogen) atoms. The van der Waals surface area contributed by atoms with Gasteiger partial charge in [-0.25, -0.2) is 0 Å². The Bertz CT molecular complexity index is 474. The highest BCUT2D eigenvalue weighted by atomic mass is 35.5. The third-order valence-electron chi connectivity index (χ3n) is 2.84. The van der Waals surface area contributed by atoms with Crippen LogP contribution in [0.4, 0.5) is 0 Å². The van der Waals surface area contributed by atoms with Gasteiger partial charge in [0, 0.05) is 17.9 Å². The Balaban J connectivity index is 2.18. The summed E-state index contributed by atoms with van der Waals surface area (Å²) in [7, 11) is 0. The highest BCUT2D eigenvalue weighted by Gasteiger charge is 2.25. The van der Waals surface area contributed by atoms with Crippen LogP contribution in [0.5, 0.6) is 0 Å². The molecule has 0 N–H and O–H groups in total. The van der Waals surface area contributed by atoms with E-state index in [4.69, 9.17) is 11.6 Å². The van der Waals surface area contributed by atoms with Crippen LogP contribution in [-0.4, -0.2) is 11.6 Å². The highest BCUT2D eigenvalue weighted by Crippen LogP contribution is 2.26. The number of carbonyl (C=O) groups excluding carboxylic acids is 2. The Morgan fingerprint density at radius 3 is 2.53 bits per heavy atom. The van der Waals surface area contributed by atoms with Crippen LogP contribution in [0.3, 0.4) is 0 Å². The van der Waals surface area contributed by atoms with E-state index in [1.807, 2.05) is 30.3 Å². The Morgan fingerprint density at radius 1 is 1.18 bits per heavy atom. The summed E-state index contributed by atoms with van der Waals surface area (Å²) >= 11 is 5.98. The van der Waals surface area contributed by atoms with Gasteiger partial charge in [0.15, 0.2) is 11.6 Å². The van der Waals surface area contributed by atoms with E-state index < -0.39 is 0 Å². The van der Waals surface area contributed by atoms with E-state index in [1.165, 1.54) is 0 Å². The average Bonchev–Trinajstić information content (AvgIpc) is 2.30. The summed E-state index contributed by atoms with van der Waals surface area (Å²) in [6.45, 7) is 0. The maximum atomic E-state index is 12.0. The van der Waals surface area contributed by atoms with E-state index in [2.05, 4.69) is 0 Å². The third kappa shape index (κ3) is 2.83. The van der Waals surface area contributed by atoms with Crippen LogP contribution in [0.25, 0.3) is 0 Å². The van der Waals surface area contributed by atoms with Crippen LogP contribution in [0.2, 0.25) is 0 Å². The van der Waals surface area contributed by atoms with Gasteiger partial charge in [-0.3, -0.25) is 9.59 Å². The molecule has 0 saturated heterocycles. The molecular weight excluding hydrogens is 236 g/mol. The number of rotatable bonds is 3. The first-order valence-corrected chi connectivity index (χ1v) is 6.05. The quantitative estimate of drug-likeness (QED) is 0.771. The van der Waals surface area contributed by atoms with Gasteiger partial charge in [0.05, 0.1) is 5.57 Å². The molecule has 0 saturated carbocycles. The van der Waals surface area contributed by atoms with E-state index in [0.29, 0.717) is 17.9 Å². The highest BCUT2D eigenvalue weighted by molar-refractivity contribution is 6.37. The molecule has 1 aliphatic carbocycles. The van der Waals surface area contributed by atoms with E-state index in [0.717, 1.165) is 12.0 Å². The molecule has 0 amide bonds. The minimum atomic E-state index is -0.161. The van der Waals surface area contributed by atoms with Gasteiger partial charge in [0.2, 0.25) is 0 Å². The number of carbonyl (C=O) groups is 2. The van der Waals surface area contributed by atoms with Gasteiger partial charge in [0.1, 0.15) is 0 Å². The van der Waals surface area contributed by atoms with Crippen LogP contribution >= 0.6 is 11.6 Å². The van der Waals surface area contributed by atoms with Crippen molar-refractivity contribution in [3.8, 4) is 0 Å². The molecule has 1 aliphatic rings. The molecule has 0 aromatic heterocycles. The van der Waals surface area contributed by atoms with E-state index in [9.17, 15) is 9.59 Å². The minimum absolute atomic E-state index is 0.109. The van der Waals surface area contributed by atoms with Gasteiger partial charge in [-0.15, -0.1) is 0 Å². The maximum absolute atomic E-state index is 12.0. The number of hydrogen-bond donors (Lipinski definition) is 0. The molecule has 0 unspecified atom stereocenters. The molecule has 0 heterocycles. The molecule has 88 valence electrons. The number of ketones is 2. The summed E-state index contributed by atoms with van der Waals surface area (Å²) in [5.41, 5.74) is 1.13. The fraction of sp³-hybridized carbons (Fsp3) is 0.286. The predicted octanol–water partition coefficient (Wildman–Crippen LogP) is 3.04. The van der Waals surface area contributed by atoms with Gasteiger partial charge in [-0.1, -0.05) is 41.9 Å². The Kier molecular flexibility index (Phi) is 3.75. The second-order valence-electron chi connectivity index (χ2n) is 4.14. The van der Waals surface area contributed by atoms with E-state index >= 15 is 0 Å². The smallest absolute Gasteiger partial charge is 0.171 e. The van der Waals surface area contributed by atoms with Gasteiger partial charge >= 0.3 is 0 Å². The van der Waals surface area contributed by atoms with Crippen molar-refractivity contribution in [3.63, 3.8) is 0 Å². The van der Waals surface area contributed by atoms with Crippen molar-refractivity contribution in [1.82, 2.24) is 0 Å². The zero-order chi connectivity index (χ0) is 12.3. The second-order valence-corrected chi connectivity index (χ2v) is 4.60. The van der Waals surface area contributed by atoms with Crippen LogP contribution in [0.1, 0.15) is 24.8 Å². The Hall–Kier alpha value is -1.41. The van der Waals surface area contributed by atoms with Crippen LogP contribution < -0.4 is 0 Å². The summed E-state index contributed by atoms with van der Waals surface area (Å²) in [5.74, 6) is -0.270. The molecule has 2 nitrogen and oxygen atoms in total. The fourth-order valence-corrected chi connectivity index (χ4v) is 2.33. The lowest BCUT2D eigenvalue weighted by molar-refractivity contribution is -0.121. The number of hydrogen-bond acceptors (Lipinski definition) is 2. The summed E-state index contributed by atoms with van der Waals surface area (Å²) in [4.78, 5) is 23.7.